The van der Waals surface area contributed by atoms with Crippen LogP contribution in [0.1, 0.15) is 45.7 Å². The van der Waals surface area contributed by atoms with Gasteiger partial charge in [0.1, 0.15) is 6.07 Å². The van der Waals surface area contributed by atoms with E-state index >= 15 is 0 Å². The highest BCUT2D eigenvalue weighted by molar-refractivity contribution is 5.60. The Morgan fingerprint density at radius 1 is 1.29 bits per heavy atom. The van der Waals surface area contributed by atoms with Crippen molar-refractivity contribution >= 4 is 5.69 Å². The van der Waals surface area contributed by atoms with E-state index in [4.69, 9.17) is 0 Å². The molecule has 0 fully saturated rings. The van der Waals surface area contributed by atoms with E-state index in [1.807, 2.05) is 6.07 Å². The number of nitrogens with zero attached hydrogens (tertiary/aromatic N) is 2. The Balaban J connectivity index is 2.82. The predicted molar refractivity (Wildman–Crippen MR) is 90.4 cm³/mol. The molecule has 0 aliphatic heterocycles. The molecule has 0 aromatic heterocycles. The van der Waals surface area contributed by atoms with Crippen molar-refractivity contribution in [2.24, 2.45) is 11.3 Å². The van der Waals surface area contributed by atoms with Crippen molar-refractivity contribution in [3.8, 4) is 6.07 Å². The van der Waals surface area contributed by atoms with Gasteiger partial charge in [0, 0.05) is 20.1 Å². The monoisotopic (exact) mass is 287 g/mol. The van der Waals surface area contributed by atoms with Gasteiger partial charge in [0.2, 0.25) is 0 Å². The number of hydrogen-bond acceptors (Lipinski definition) is 3. The molecule has 0 aliphatic carbocycles. The molecule has 1 rings (SSSR count). The zero-order chi connectivity index (χ0) is 16.0. The molecule has 21 heavy (non-hydrogen) atoms. The summed E-state index contributed by atoms with van der Waals surface area (Å²) in [5, 5.41) is 12.8. The third-order valence-electron chi connectivity index (χ3n) is 3.19. The van der Waals surface area contributed by atoms with Gasteiger partial charge in [-0.25, -0.2) is 0 Å². The highest BCUT2D eigenvalue weighted by Gasteiger charge is 2.16. The fourth-order valence-corrected chi connectivity index (χ4v) is 2.42. The number of nitriles is 1. The molecule has 0 spiro atoms. The van der Waals surface area contributed by atoms with Crippen LogP contribution < -0.4 is 10.2 Å². The Morgan fingerprint density at radius 2 is 1.95 bits per heavy atom. The van der Waals surface area contributed by atoms with E-state index in [1.54, 1.807) is 0 Å². The zero-order valence-electron chi connectivity index (χ0n) is 14.3. The second-order valence-electron chi connectivity index (χ2n) is 7.40. The van der Waals surface area contributed by atoms with Crippen molar-refractivity contribution < 1.29 is 0 Å². The van der Waals surface area contributed by atoms with Gasteiger partial charge >= 0.3 is 0 Å². The molecule has 0 unspecified atom stereocenters. The van der Waals surface area contributed by atoms with Crippen molar-refractivity contribution in [3.63, 3.8) is 0 Å². The topological polar surface area (TPSA) is 39.1 Å². The average Bonchev–Trinajstić information content (AvgIpc) is 2.36. The van der Waals surface area contributed by atoms with Crippen LogP contribution in [0.4, 0.5) is 5.69 Å². The van der Waals surface area contributed by atoms with Gasteiger partial charge < -0.3 is 10.2 Å². The molecule has 0 atom stereocenters. The second kappa shape index (κ2) is 7.47. The maximum absolute atomic E-state index is 9.41. The Morgan fingerprint density at radius 3 is 2.48 bits per heavy atom. The predicted octanol–water partition coefficient (Wildman–Crippen LogP) is 3.79. The van der Waals surface area contributed by atoms with E-state index in [9.17, 15) is 5.26 Å². The summed E-state index contributed by atoms with van der Waals surface area (Å²) in [6.45, 7) is 13.7. The third-order valence-corrected chi connectivity index (χ3v) is 3.19. The first-order valence-electron chi connectivity index (χ1n) is 7.68. The molecule has 0 heterocycles. The van der Waals surface area contributed by atoms with Crippen molar-refractivity contribution in [1.29, 1.82) is 5.26 Å². The summed E-state index contributed by atoms with van der Waals surface area (Å²) in [7, 11) is 2.05. The van der Waals surface area contributed by atoms with Crippen LogP contribution >= 0.6 is 0 Å². The van der Waals surface area contributed by atoms with Crippen LogP contribution in [0.2, 0.25) is 0 Å². The molecule has 116 valence electrons. The Kier molecular flexibility index (Phi) is 6.23. The number of anilines is 1. The molecule has 0 amide bonds. The van der Waals surface area contributed by atoms with Crippen molar-refractivity contribution in [2.45, 2.75) is 41.2 Å². The van der Waals surface area contributed by atoms with Gasteiger partial charge in [-0.15, -0.1) is 0 Å². The van der Waals surface area contributed by atoms with Gasteiger partial charge in [-0.05, 0) is 35.6 Å². The highest BCUT2D eigenvalue weighted by atomic mass is 15.1. The summed E-state index contributed by atoms with van der Waals surface area (Å²) in [4.78, 5) is 2.17. The minimum absolute atomic E-state index is 0.207. The standard InChI is InChI=1S/C18H29N3/c1-14(2)11-20-12-15-7-8-17(16(9-15)10-19)21(6)13-18(3,4)5/h7-9,14,20H,11-13H2,1-6H3. The van der Waals surface area contributed by atoms with Crippen molar-refractivity contribution in [1.82, 2.24) is 5.32 Å². The summed E-state index contributed by atoms with van der Waals surface area (Å²) < 4.78 is 0. The van der Waals surface area contributed by atoms with E-state index in [0.29, 0.717) is 5.92 Å². The van der Waals surface area contributed by atoms with Gasteiger partial charge in [-0.1, -0.05) is 40.7 Å². The first kappa shape index (κ1) is 17.5. The van der Waals surface area contributed by atoms with Crippen LogP contribution in [0.3, 0.4) is 0 Å². The van der Waals surface area contributed by atoms with Crippen LogP contribution in [-0.4, -0.2) is 20.1 Å². The molecular weight excluding hydrogens is 258 g/mol. The van der Waals surface area contributed by atoms with Gasteiger partial charge in [-0.2, -0.15) is 5.26 Å². The Labute approximate surface area is 130 Å². The first-order chi connectivity index (χ1) is 9.73. The molecule has 1 aromatic carbocycles. The SMILES string of the molecule is CC(C)CNCc1ccc(N(C)CC(C)(C)C)c(C#N)c1. The lowest BCUT2D eigenvalue weighted by molar-refractivity contribution is 0.419. The first-order valence-corrected chi connectivity index (χ1v) is 7.68. The lowest BCUT2D eigenvalue weighted by atomic mass is 9.95. The maximum atomic E-state index is 9.41. The molecular formula is C18H29N3. The number of benzene rings is 1. The molecule has 0 bridgehead atoms. The maximum Gasteiger partial charge on any atom is 0.101 e. The van der Waals surface area contributed by atoms with E-state index in [1.165, 1.54) is 5.56 Å². The van der Waals surface area contributed by atoms with Gasteiger partial charge in [-0.3, -0.25) is 0 Å². The molecule has 0 aliphatic rings. The highest BCUT2D eigenvalue weighted by Crippen LogP contribution is 2.24. The number of nitrogens with one attached hydrogen (secondary N) is 1. The summed E-state index contributed by atoms with van der Waals surface area (Å²) >= 11 is 0. The molecule has 0 radical (unpaired) electrons. The zero-order valence-corrected chi connectivity index (χ0v) is 14.3. The minimum atomic E-state index is 0.207. The van der Waals surface area contributed by atoms with Crippen molar-refractivity contribution in [3.05, 3.63) is 29.3 Å². The number of hydrogen-bond donors (Lipinski definition) is 1. The van der Waals surface area contributed by atoms with Crippen LogP contribution in [0.15, 0.2) is 18.2 Å². The molecule has 1 aromatic rings. The summed E-state index contributed by atoms with van der Waals surface area (Å²) in [5.41, 5.74) is 3.14. The smallest absolute Gasteiger partial charge is 0.101 e. The largest absolute Gasteiger partial charge is 0.373 e. The van der Waals surface area contributed by atoms with E-state index in [-0.39, 0.29) is 5.41 Å². The van der Waals surface area contributed by atoms with Gasteiger partial charge in [0.15, 0.2) is 0 Å². The normalized spacial score (nSPS) is 11.5. The van der Waals surface area contributed by atoms with Crippen LogP contribution in [0, 0.1) is 22.7 Å². The van der Waals surface area contributed by atoms with E-state index in [2.05, 4.69) is 70.1 Å². The molecule has 1 N–H and O–H groups in total. The van der Waals surface area contributed by atoms with Crippen LogP contribution in [0.25, 0.3) is 0 Å². The van der Waals surface area contributed by atoms with Gasteiger partial charge in [0.05, 0.1) is 11.3 Å². The molecule has 0 saturated carbocycles. The Hall–Kier alpha value is -1.53. The average molecular weight is 287 g/mol. The quantitative estimate of drug-likeness (QED) is 0.865. The van der Waals surface area contributed by atoms with Crippen LogP contribution in [-0.2, 0) is 6.54 Å². The van der Waals surface area contributed by atoms with Gasteiger partial charge in [0.25, 0.3) is 0 Å². The fraction of sp³-hybridized carbons (Fsp3) is 0.611. The summed E-state index contributed by atoms with van der Waals surface area (Å²) in [6.07, 6.45) is 0. The van der Waals surface area contributed by atoms with E-state index < -0.39 is 0 Å². The van der Waals surface area contributed by atoms with Crippen LogP contribution in [0.5, 0.6) is 0 Å². The number of rotatable bonds is 6. The summed E-state index contributed by atoms with van der Waals surface area (Å²) in [6, 6.07) is 8.51. The third kappa shape index (κ3) is 6.18. The van der Waals surface area contributed by atoms with E-state index in [0.717, 1.165) is 30.9 Å². The molecule has 3 heteroatoms. The minimum Gasteiger partial charge on any atom is -0.373 e. The molecule has 0 saturated heterocycles. The Bertz CT molecular complexity index is 492. The second-order valence-corrected chi connectivity index (χ2v) is 7.40. The molecule has 3 nitrogen and oxygen atoms in total. The lowest BCUT2D eigenvalue weighted by Gasteiger charge is -2.29. The lowest BCUT2D eigenvalue weighted by Crippen LogP contribution is -2.29. The van der Waals surface area contributed by atoms with Crippen molar-refractivity contribution in [2.75, 3.05) is 25.0 Å². The fourth-order valence-electron chi connectivity index (χ4n) is 2.42. The summed E-state index contributed by atoms with van der Waals surface area (Å²) in [5.74, 6) is 0.637.